The van der Waals surface area contributed by atoms with Crippen LogP contribution >= 0.6 is 11.3 Å². The predicted molar refractivity (Wildman–Crippen MR) is 63.8 cm³/mol. The van der Waals surface area contributed by atoms with Crippen molar-refractivity contribution in [1.82, 2.24) is 0 Å². The molecule has 2 aromatic rings. The summed E-state index contributed by atoms with van der Waals surface area (Å²) in [6.07, 6.45) is -4.86. The van der Waals surface area contributed by atoms with Crippen molar-refractivity contribution >= 4 is 33.2 Å². The molecule has 1 aromatic heterocycles. The maximum Gasteiger partial charge on any atom is 0.416 e. The first-order chi connectivity index (χ1) is 9.66. The van der Waals surface area contributed by atoms with Gasteiger partial charge in [0.25, 0.3) is 5.69 Å². The van der Waals surface area contributed by atoms with Crippen molar-refractivity contribution in [1.29, 1.82) is 0 Å². The van der Waals surface area contributed by atoms with Crippen LogP contribution in [0.3, 0.4) is 0 Å². The fraction of sp³-hybridized carbons (Fsp3) is 0.200. The van der Waals surface area contributed by atoms with E-state index in [2.05, 4.69) is 4.74 Å². The third-order valence-corrected chi connectivity index (χ3v) is 3.68. The van der Waals surface area contributed by atoms with Gasteiger partial charge in [-0.1, -0.05) is 0 Å². The van der Waals surface area contributed by atoms with Crippen molar-refractivity contribution in [2.45, 2.75) is 6.18 Å². The molecule has 0 saturated heterocycles. The van der Waals surface area contributed by atoms with E-state index in [9.17, 15) is 33.3 Å². The summed E-state index contributed by atoms with van der Waals surface area (Å²) in [7, 11) is 0.974. The van der Waals surface area contributed by atoms with E-state index in [1.165, 1.54) is 0 Å². The molecule has 0 unspecified atom stereocenters. The van der Waals surface area contributed by atoms with Gasteiger partial charge in [0.15, 0.2) is 4.70 Å². The number of alkyl halides is 3. The van der Waals surface area contributed by atoms with Crippen molar-refractivity contribution in [3.8, 4) is 0 Å². The Kier molecular flexibility index (Phi) is 3.45. The number of carbonyl (C=O) groups excluding carboxylic acids is 1. The van der Waals surface area contributed by atoms with Crippen LogP contribution in [0.15, 0.2) is 12.1 Å². The van der Waals surface area contributed by atoms with Crippen LogP contribution in [-0.2, 0) is 10.9 Å². The molecule has 0 N–H and O–H groups in total. The number of fused-ring (bicyclic) bond motifs is 1. The minimum Gasteiger partial charge on any atom is -0.617 e. The molecule has 21 heavy (non-hydrogen) atoms. The van der Waals surface area contributed by atoms with E-state index in [4.69, 9.17) is 0 Å². The first kappa shape index (κ1) is 15.0. The summed E-state index contributed by atoms with van der Waals surface area (Å²) in [6.45, 7) is 0. The molecule has 0 bridgehead atoms. The van der Waals surface area contributed by atoms with Crippen LogP contribution in [0.25, 0.3) is 10.2 Å². The van der Waals surface area contributed by atoms with Gasteiger partial charge in [0.05, 0.1) is 17.6 Å². The van der Waals surface area contributed by atoms with Gasteiger partial charge in [0.1, 0.15) is 0 Å². The van der Waals surface area contributed by atoms with E-state index in [0.717, 1.165) is 7.11 Å². The van der Waals surface area contributed by atoms with Crippen LogP contribution in [0.5, 0.6) is 0 Å². The molecule has 0 aliphatic rings. The third kappa shape index (κ3) is 2.46. The van der Waals surface area contributed by atoms with E-state index in [-0.39, 0.29) is 9.43 Å². The molecule has 1 aromatic carbocycles. The molecular weight excluding hydrogens is 317 g/mol. The van der Waals surface area contributed by atoms with Gasteiger partial charge in [-0.15, -0.1) is 4.73 Å². The third-order valence-electron chi connectivity index (χ3n) is 2.54. The number of halogens is 3. The minimum absolute atomic E-state index is 0.103. The van der Waals surface area contributed by atoms with Gasteiger partial charge in [-0.2, -0.15) is 13.2 Å². The number of nitrogens with zero attached hydrogens (tertiary/aromatic N) is 2. The molecule has 0 aliphatic carbocycles. The van der Waals surface area contributed by atoms with E-state index in [0.29, 0.717) is 23.5 Å². The highest BCUT2D eigenvalue weighted by Crippen LogP contribution is 2.37. The largest absolute Gasteiger partial charge is 0.617 e. The second kappa shape index (κ2) is 4.84. The standard InChI is InChI=1S/C10H5F3N2O5S/c1-20-9(16)8-14(17)5-2-4(10(11,12)13)3-6(15(18)19)7(5)21-8/h2-3H,1H3. The monoisotopic (exact) mass is 322 g/mol. The number of non-ortho nitro benzene ring substituents is 1. The average Bonchev–Trinajstić information content (AvgIpc) is 2.73. The lowest BCUT2D eigenvalue weighted by Gasteiger charge is -2.05. The summed E-state index contributed by atoms with van der Waals surface area (Å²) in [6, 6.07) is 0.776. The number of ether oxygens (including phenoxy) is 1. The number of hydrogen-bond acceptors (Lipinski definition) is 6. The number of nitro benzene ring substituents is 1. The second-order valence-corrected chi connectivity index (χ2v) is 4.79. The number of hydrogen-bond donors (Lipinski definition) is 0. The predicted octanol–water partition coefficient (Wildman–Crippen LogP) is 2.25. The topological polar surface area (TPSA) is 96.4 Å². The van der Waals surface area contributed by atoms with Crippen molar-refractivity contribution in [2.24, 2.45) is 0 Å². The lowest BCUT2D eigenvalue weighted by molar-refractivity contribution is -0.575. The highest BCUT2D eigenvalue weighted by Gasteiger charge is 2.37. The van der Waals surface area contributed by atoms with Gasteiger partial charge in [0, 0.05) is 12.1 Å². The number of nitro groups is 1. The van der Waals surface area contributed by atoms with Crippen LogP contribution in [0, 0.1) is 15.3 Å². The first-order valence-electron chi connectivity index (χ1n) is 5.16. The Labute approximate surface area is 117 Å². The van der Waals surface area contributed by atoms with Crippen molar-refractivity contribution in [3.63, 3.8) is 0 Å². The van der Waals surface area contributed by atoms with E-state index >= 15 is 0 Å². The van der Waals surface area contributed by atoms with Gasteiger partial charge in [0.2, 0.25) is 5.52 Å². The fourth-order valence-electron chi connectivity index (χ4n) is 1.61. The molecule has 7 nitrogen and oxygen atoms in total. The Hall–Kier alpha value is -2.43. The molecule has 0 radical (unpaired) electrons. The van der Waals surface area contributed by atoms with Crippen molar-refractivity contribution in [2.75, 3.05) is 7.11 Å². The maximum atomic E-state index is 12.7. The van der Waals surface area contributed by atoms with Crippen LogP contribution in [0.2, 0.25) is 0 Å². The summed E-state index contributed by atoms with van der Waals surface area (Å²) in [5.41, 5.74) is -2.85. The van der Waals surface area contributed by atoms with Crippen molar-refractivity contribution < 1.29 is 32.4 Å². The summed E-state index contributed by atoms with van der Waals surface area (Å²) in [5, 5.41) is 22.1. The van der Waals surface area contributed by atoms with Gasteiger partial charge in [-0.3, -0.25) is 10.1 Å². The lowest BCUT2D eigenvalue weighted by atomic mass is 10.2. The number of rotatable bonds is 2. The Morgan fingerprint density at radius 1 is 1.43 bits per heavy atom. The average molecular weight is 322 g/mol. The molecule has 2 rings (SSSR count). The molecule has 0 fully saturated rings. The van der Waals surface area contributed by atoms with E-state index < -0.39 is 38.8 Å². The first-order valence-corrected chi connectivity index (χ1v) is 5.98. The molecule has 0 amide bonds. The summed E-state index contributed by atoms with van der Waals surface area (Å²) in [4.78, 5) is 21.2. The molecule has 0 spiro atoms. The van der Waals surface area contributed by atoms with Gasteiger partial charge >= 0.3 is 17.2 Å². The molecule has 0 saturated carbocycles. The maximum absolute atomic E-state index is 12.7. The van der Waals surface area contributed by atoms with Crippen LogP contribution < -0.4 is 4.73 Å². The summed E-state index contributed by atoms with van der Waals surface area (Å²) in [5.74, 6) is -1.09. The molecular formula is C10H5F3N2O5S. The Morgan fingerprint density at radius 3 is 2.52 bits per heavy atom. The minimum atomic E-state index is -4.86. The molecule has 0 atom stereocenters. The molecule has 0 aliphatic heterocycles. The van der Waals surface area contributed by atoms with Gasteiger partial charge in [-0.05, 0) is 11.3 Å². The number of aromatic nitrogens is 1. The number of thiazole rings is 1. The van der Waals surface area contributed by atoms with E-state index in [1.54, 1.807) is 0 Å². The zero-order valence-corrected chi connectivity index (χ0v) is 10.9. The highest BCUT2D eigenvalue weighted by atomic mass is 32.1. The normalized spacial score (nSPS) is 11.6. The fourth-order valence-corrected chi connectivity index (χ4v) is 2.64. The van der Waals surface area contributed by atoms with Crippen LogP contribution in [0.1, 0.15) is 15.4 Å². The summed E-state index contributed by atoms with van der Waals surface area (Å²) >= 11 is 0.398. The van der Waals surface area contributed by atoms with Crippen molar-refractivity contribution in [3.05, 3.63) is 38.0 Å². The number of esters is 1. The Bertz CT molecular complexity index is 755. The van der Waals surface area contributed by atoms with Gasteiger partial charge < -0.3 is 9.94 Å². The zero-order chi connectivity index (χ0) is 15.9. The second-order valence-electron chi connectivity index (χ2n) is 3.79. The number of carbonyl (C=O) groups is 1. The van der Waals surface area contributed by atoms with Crippen LogP contribution in [0.4, 0.5) is 18.9 Å². The number of methoxy groups -OCH3 is 1. The van der Waals surface area contributed by atoms with Gasteiger partial charge in [-0.25, -0.2) is 4.79 Å². The van der Waals surface area contributed by atoms with E-state index in [1.807, 2.05) is 0 Å². The lowest BCUT2D eigenvalue weighted by Crippen LogP contribution is -2.32. The highest BCUT2D eigenvalue weighted by molar-refractivity contribution is 7.20. The molecule has 112 valence electrons. The summed E-state index contributed by atoms with van der Waals surface area (Å²) < 4.78 is 42.0. The molecule has 11 heteroatoms. The van der Waals surface area contributed by atoms with Crippen LogP contribution in [-0.4, -0.2) is 18.0 Å². The molecule has 1 heterocycles. The Morgan fingerprint density at radius 2 is 2.05 bits per heavy atom. The zero-order valence-electron chi connectivity index (χ0n) is 10.1. The quantitative estimate of drug-likeness (QED) is 0.278. The number of benzene rings is 1. The Balaban J connectivity index is 2.86. The smallest absolute Gasteiger partial charge is 0.416 e. The SMILES string of the molecule is COC(=O)c1sc2c([N+](=O)[O-])cc(C(F)(F)F)cc2[n+]1[O-].